The van der Waals surface area contributed by atoms with Crippen LogP contribution in [0.15, 0.2) is 59.7 Å². The first-order valence-electron chi connectivity index (χ1n) is 13.4. The highest BCUT2D eigenvalue weighted by atomic mass is 16.2. The average Bonchev–Trinajstić information content (AvgIpc) is 3.33. The number of amides is 2. The minimum absolute atomic E-state index is 0.0132. The van der Waals surface area contributed by atoms with Crippen molar-refractivity contribution in [2.45, 2.75) is 70.6 Å². The lowest BCUT2D eigenvalue weighted by Crippen LogP contribution is -2.67. The Hall–Kier alpha value is -3.35. The van der Waals surface area contributed by atoms with Crippen LogP contribution in [-0.4, -0.2) is 52.9 Å². The van der Waals surface area contributed by atoms with Crippen molar-refractivity contribution in [3.63, 3.8) is 0 Å². The molecule has 2 aromatic rings. The summed E-state index contributed by atoms with van der Waals surface area (Å²) in [4.78, 5) is 30.4. The van der Waals surface area contributed by atoms with Crippen molar-refractivity contribution in [1.29, 1.82) is 0 Å². The van der Waals surface area contributed by atoms with Gasteiger partial charge in [0.1, 0.15) is 5.84 Å². The third-order valence-corrected chi connectivity index (χ3v) is 7.77. The summed E-state index contributed by atoms with van der Waals surface area (Å²) in [5.41, 5.74) is 6.93. The van der Waals surface area contributed by atoms with Gasteiger partial charge in [0, 0.05) is 32.0 Å². The number of rotatable bonds is 9. The van der Waals surface area contributed by atoms with E-state index in [-0.39, 0.29) is 30.1 Å². The highest BCUT2D eigenvalue weighted by Crippen LogP contribution is 2.37. The topological polar surface area (TPSA) is 77.0 Å². The third-order valence-electron chi connectivity index (χ3n) is 7.77. The summed E-state index contributed by atoms with van der Waals surface area (Å²) in [6.45, 7) is 3.36. The fourth-order valence-electron chi connectivity index (χ4n) is 5.78. The molecule has 2 amide bonds. The number of nitrogens with zero attached hydrogens (tertiary/aromatic N) is 3. The van der Waals surface area contributed by atoms with Crippen molar-refractivity contribution in [3.8, 4) is 0 Å². The van der Waals surface area contributed by atoms with Crippen molar-refractivity contribution >= 4 is 17.6 Å². The second-order valence-electron chi connectivity index (χ2n) is 10.2. The van der Waals surface area contributed by atoms with Gasteiger partial charge >= 0.3 is 0 Å². The van der Waals surface area contributed by atoms with E-state index in [4.69, 9.17) is 0 Å². The molecule has 190 valence electrons. The fourth-order valence-corrected chi connectivity index (χ4v) is 5.78. The Morgan fingerprint density at radius 3 is 2.56 bits per heavy atom. The molecular weight excluding hydrogens is 450 g/mol. The van der Waals surface area contributed by atoms with Crippen LogP contribution in [0.25, 0.3) is 0 Å². The van der Waals surface area contributed by atoms with E-state index in [0.29, 0.717) is 25.9 Å². The number of aryl methyl sites for hydroxylation is 1. The van der Waals surface area contributed by atoms with Crippen LogP contribution in [0, 0.1) is 12.8 Å². The predicted molar refractivity (Wildman–Crippen MR) is 141 cm³/mol. The number of nitrogens with one attached hydrogen (secondary N) is 2. The summed E-state index contributed by atoms with van der Waals surface area (Å²) in [5, 5.41) is 7.69. The summed E-state index contributed by atoms with van der Waals surface area (Å²) in [6.07, 6.45) is 6.52. The number of benzene rings is 2. The fraction of sp³-hybridized carbons (Fsp3) is 0.483. The molecule has 7 heteroatoms. The molecule has 2 aliphatic heterocycles. The van der Waals surface area contributed by atoms with E-state index in [1.165, 1.54) is 16.7 Å². The third kappa shape index (κ3) is 5.40. The molecule has 2 aromatic carbocycles. The molecule has 7 nitrogen and oxygen atoms in total. The average molecular weight is 488 g/mol. The lowest BCUT2D eigenvalue weighted by atomic mass is 9.80. The molecule has 3 aliphatic rings. The number of fused-ring (bicyclic) bond motifs is 3. The van der Waals surface area contributed by atoms with Gasteiger partial charge in [0.15, 0.2) is 6.29 Å². The van der Waals surface area contributed by atoms with Gasteiger partial charge in [-0.1, -0.05) is 73.0 Å². The second-order valence-corrected chi connectivity index (χ2v) is 10.2. The van der Waals surface area contributed by atoms with Crippen LogP contribution in [-0.2, 0) is 22.4 Å². The van der Waals surface area contributed by atoms with E-state index >= 15 is 0 Å². The Balaban J connectivity index is 1.18. The molecular formula is C29H37N5O2. The molecule has 2 heterocycles. The number of amidine groups is 1. The lowest BCUT2D eigenvalue weighted by Gasteiger charge is -2.50. The van der Waals surface area contributed by atoms with Crippen molar-refractivity contribution < 1.29 is 9.59 Å². The molecule has 3 unspecified atom stereocenters. The summed E-state index contributed by atoms with van der Waals surface area (Å²) in [7, 11) is 0. The monoisotopic (exact) mass is 487 g/mol. The number of hydrazone groups is 1. The maximum Gasteiger partial charge on any atom is 0.230 e. The first kappa shape index (κ1) is 24.3. The van der Waals surface area contributed by atoms with Crippen molar-refractivity contribution in [1.82, 2.24) is 20.5 Å². The molecule has 5 rings (SSSR count). The number of hydrogen-bond acceptors (Lipinski definition) is 5. The Morgan fingerprint density at radius 2 is 1.75 bits per heavy atom. The van der Waals surface area contributed by atoms with Crippen molar-refractivity contribution in [2.75, 3.05) is 13.1 Å². The van der Waals surface area contributed by atoms with Crippen LogP contribution >= 0.6 is 0 Å². The molecule has 3 atom stereocenters. The first-order valence-corrected chi connectivity index (χ1v) is 13.4. The van der Waals surface area contributed by atoms with E-state index < -0.39 is 0 Å². The molecule has 2 fully saturated rings. The standard InChI is InChI=1S/C29H37N5O2/c1-21-11-13-23(14-12-21)17-19-30-27(35)16-15-26-31-32-29-33(20-18-22-7-3-2-4-8-22)28(36)24-9-5-6-10-25(24)34(26)29/h2-4,7-8,11-14,24-25,29,32H,5-6,9-10,15-20H2,1H3,(H,30,35). The maximum atomic E-state index is 13.5. The first-order chi connectivity index (χ1) is 17.6. The van der Waals surface area contributed by atoms with Gasteiger partial charge in [-0.3, -0.25) is 15.0 Å². The van der Waals surface area contributed by atoms with E-state index in [9.17, 15) is 9.59 Å². The molecule has 1 aliphatic carbocycles. The van der Waals surface area contributed by atoms with Crippen LogP contribution in [0.5, 0.6) is 0 Å². The van der Waals surface area contributed by atoms with Gasteiger partial charge in [-0.2, -0.15) is 5.10 Å². The van der Waals surface area contributed by atoms with Gasteiger partial charge in [0.25, 0.3) is 0 Å². The molecule has 0 spiro atoms. The second kappa shape index (κ2) is 11.1. The molecule has 2 N–H and O–H groups in total. The van der Waals surface area contributed by atoms with Gasteiger partial charge in [0.05, 0.1) is 5.92 Å². The molecule has 1 saturated heterocycles. The smallest absolute Gasteiger partial charge is 0.230 e. The Morgan fingerprint density at radius 1 is 1.00 bits per heavy atom. The number of carbonyl (C=O) groups is 2. The van der Waals surface area contributed by atoms with E-state index in [1.54, 1.807) is 0 Å². The van der Waals surface area contributed by atoms with Crippen LogP contribution in [0.2, 0.25) is 0 Å². The maximum absolute atomic E-state index is 13.5. The van der Waals surface area contributed by atoms with Crippen molar-refractivity contribution in [2.24, 2.45) is 11.0 Å². The highest BCUT2D eigenvalue weighted by Gasteiger charge is 2.50. The summed E-state index contributed by atoms with van der Waals surface area (Å²) < 4.78 is 0. The number of hydrogen-bond donors (Lipinski definition) is 2. The van der Waals surface area contributed by atoms with Crippen LogP contribution in [0.3, 0.4) is 0 Å². The van der Waals surface area contributed by atoms with Gasteiger partial charge in [-0.05, 0) is 43.7 Å². The van der Waals surface area contributed by atoms with Crippen LogP contribution in [0.4, 0.5) is 0 Å². The van der Waals surface area contributed by atoms with Crippen molar-refractivity contribution in [3.05, 3.63) is 71.3 Å². The molecule has 0 radical (unpaired) electrons. The van der Waals surface area contributed by atoms with Gasteiger partial charge in [-0.25, -0.2) is 0 Å². The molecule has 0 bridgehead atoms. The quantitative estimate of drug-likeness (QED) is 0.567. The molecule has 36 heavy (non-hydrogen) atoms. The Labute approximate surface area is 213 Å². The predicted octanol–water partition coefficient (Wildman–Crippen LogP) is 3.58. The van der Waals surface area contributed by atoms with E-state index in [1.807, 2.05) is 23.1 Å². The SMILES string of the molecule is Cc1ccc(CCNC(=O)CCC2=NNC3N(CCc4ccccc4)C(=O)C4CCCCC4N23)cc1. The minimum Gasteiger partial charge on any atom is -0.356 e. The zero-order chi connectivity index (χ0) is 24.9. The summed E-state index contributed by atoms with van der Waals surface area (Å²) in [6, 6.07) is 18.9. The highest BCUT2D eigenvalue weighted by molar-refractivity contribution is 5.91. The van der Waals surface area contributed by atoms with Gasteiger partial charge in [0.2, 0.25) is 11.8 Å². The summed E-state index contributed by atoms with van der Waals surface area (Å²) >= 11 is 0. The number of carbonyl (C=O) groups excluding carboxylic acids is 2. The van der Waals surface area contributed by atoms with Crippen LogP contribution in [0.1, 0.15) is 55.2 Å². The minimum atomic E-state index is -0.250. The van der Waals surface area contributed by atoms with E-state index in [0.717, 1.165) is 44.4 Å². The Kier molecular flexibility index (Phi) is 7.54. The molecule has 0 aromatic heterocycles. The normalized spacial score (nSPS) is 23.0. The van der Waals surface area contributed by atoms with Gasteiger partial charge in [-0.15, -0.1) is 0 Å². The lowest BCUT2D eigenvalue weighted by molar-refractivity contribution is -0.155. The Bertz CT molecular complexity index is 1080. The van der Waals surface area contributed by atoms with Gasteiger partial charge < -0.3 is 15.1 Å². The molecule has 1 saturated carbocycles. The van der Waals surface area contributed by atoms with E-state index in [2.05, 4.69) is 64.1 Å². The zero-order valence-electron chi connectivity index (χ0n) is 21.2. The largest absolute Gasteiger partial charge is 0.356 e. The zero-order valence-corrected chi connectivity index (χ0v) is 21.2. The van der Waals surface area contributed by atoms with Crippen LogP contribution < -0.4 is 10.7 Å². The summed E-state index contributed by atoms with van der Waals surface area (Å²) in [5.74, 6) is 1.21.